The summed E-state index contributed by atoms with van der Waals surface area (Å²) in [7, 11) is 3.59. The molecular weight excluding hydrogens is 214 g/mol. The van der Waals surface area contributed by atoms with Crippen LogP contribution in [0.25, 0.3) is 0 Å². The standard InChI is InChI=1S/C13H21N3O/c1-4-9-17-12-7-5-11(6-8-12)10-16-13(14-2)15-3/h5-8H,4,9-10H2,1-3H3,(H2,14,15,16). The number of aliphatic imine (C=N–C) groups is 1. The van der Waals surface area contributed by atoms with Gasteiger partial charge in [-0.2, -0.15) is 0 Å². The van der Waals surface area contributed by atoms with Gasteiger partial charge in [0.15, 0.2) is 5.96 Å². The van der Waals surface area contributed by atoms with Crippen molar-refractivity contribution in [1.29, 1.82) is 0 Å². The molecule has 1 rings (SSSR count). The van der Waals surface area contributed by atoms with Crippen molar-refractivity contribution in [2.45, 2.75) is 19.9 Å². The summed E-state index contributed by atoms with van der Waals surface area (Å²) in [6.45, 7) is 3.62. The summed E-state index contributed by atoms with van der Waals surface area (Å²) in [5, 5.41) is 6.17. The molecule has 0 unspecified atom stereocenters. The molecule has 0 spiro atoms. The van der Waals surface area contributed by atoms with Gasteiger partial charge in [0.05, 0.1) is 6.61 Å². The Morgan fingerprint density at radius 1 is 1.29 bits per heavy atom. The van der Waals surface area contributed by atoms with E-state index < -0.39 is 0 Å². The summed E-state index contributed by atoms with van der Waals surface area (Å²) in [5.41, 5.74) is 1.20. The molecule has 0 amide bonds. The maximum absolute atomic E-state index is 5.52. The molecule has 0 heterocycles. The topological polar surface area (TPSA) is 45.6 Å². The fourth-order valence-electron chi connectivity index (χ4n) is 1.39. The van der Waals surface area contributed by atoms with Gasteiger partial charge in [-0.25, -0.2) is 0 Å². The van der Waals surface area contributed by atoms with Crippen molar-refractivity contribution in [2.75, 3.05) is 20.7 Å². The van der Waals surface area contributed by atoms with Crippen molar-refractivity contribution in [1.82, 2.24) is 10.6 Å². The smallest absolute Gasteiger partial charge is 0.190 e. The quantitative estimate of drug-likeness (QED) is 0.604. The van der Waals surface area contributed by atoms with Crippen molar-refractivity contribution < 1.29 is 4.74 Å². The predicted octanol–water partition coefficient (Wildman–Crippen LogP) is 1.77. The van der Waals surface area contributed by atoms with E-state index in [1.165, 1.54) is 5.56 Å². The molecule has 0 bridgehead atoms. The molecule has 0 saturated heterocycles. The van der Waals surface area contributed by atoms with Crippen LogP contribution in [0, 0.1) is 0 Å². The molecule has 0 aliphatic heterocycles. The van der Waals surface area contributed by atoms with Gasteiger partial charge in [0, 0.05) is 20.6 Å². The third-order valence-corrected chi connectivity index (χ3v) is 2.32. The van der Waals surface area contributed by atoms with E-state index in [-0.39, 0.29) is 0 Å². The Labute approximate surface area is 103 Å². The van der Waals surface area contributed by atoms with Gasteiger partial charge in [-0.1, -0.05) is 19.1 Å². The van der Waals surface area contributed by atoms with Crippen LogP contribution in [0.3, 0.4) is 0 Å². The number of hydrogen-bond donors (Lipinski definition) is 2. The molecule has 1 aromatic rings. The molecule has 2 N–H and O–H groups in total. The SMILES string of the molecule is CCCOc1ccc(CNC(=NC)NC)cc1. The predicted molar refractivity (Wildman–Crippen MR) is 71.5 cm³/mol. The largest absolute Gasteiger partial charge is 0.494 e. The Morgan fingerprint density at radius 3 is 2.53 bits per heavy atom. The fourth-order valence-corrected chi connectivity index (χ4v) is 1.39. The van der Waals surface area contributed by atoms with Crippen LogP contribution in [0.4, 0.5) is 0 Å². The van der Waals surface area contributed by atoms with Gasteiger partial charge in [-0.05, 0) is 24.1 Å². The molecule has 0 aromatic heterocycles. The lowest BCUT2D eigenvalue weighted by Crippen LogP contribution is -2.34. The number of rotatable bonds is 5. The van der Waals surface area contributed by atoms with Crippen LogP contribution >= 0.6 is 0 Å². The summed E-state index contributed by atoms with van der Waals surface area (Å²) in [4.78, 5) is 4.05. The van der Waals surface area contributed by atoms with Gasteiger partial charge in [0.25, 0.3) is 0 Å². The molecule has 4 heteroatoms. The zero-order valence-electron chi connectivity index (χ0n) is 10.8. The molecule has 0 radical (unpaired) electrons. The van der Waals surface area contributed by atoms with Crippen molar-refractivity contribution in [3.05, 3.63) is 29.8 Å². The third-order valence-electron chi connectivity index (χ3n) is 2.32. The van der Waals surface area contributed by atoms with Gasteiger partial charge < -0.3 is 15.4 Å². The molecule has 4 nitrogen and oxygen atoms in total. The van der Waals surface area contributed by atoms with Crippen LogP contribution in [0.5, 0.6) is 5.75 Å². The zero-order chi connectivity index (χ0) is 12.5. The minimum Gasteiger partial charge on any atom is -0.494 e. The van der Waals surface area contributed by atoms with Gasteiger partial charge in [-0.15, -0.1) is 0 Å². The van der Waals surface area contributed by atoms with Crippen molar-refractivity contribution in [3.8, 4) is 5.75 Å². The second-order valence-electron chi connectivity index (χ2n) is 3.67. The van der Waals surface area contributed by atoms with Gasteiger partial charge >= 0.3 is 0 Å². The second kappa shape index (κ2) is 7.54. The van der Waals surface area contributed by atoms with Crippen molar-refractivity contribution in [2.24, 2.45) is 4.99 Å². The van der Waals surface area contributed by atoms with E-state index in [4.69, 9.17) is 4.74 Å². The van der Waals surface area contributed by atoms with E-state index in [0.717, 1.165) is 31.3 Å². The van der Waals surface area contributed by atoms with Gasteiger partial charge in [0.2, 0.25) is 0 Å². The van der Waals surface area contributed by atoms with E-state index in [1.807, 2.05) is 19.2 Å². The molecule has 94 valence electrons. The van der Waals surface area contributed by atoms with Gasteiger partial charge in [0.1, 0.15) is 5.75 Å². The number of nitrogens with one attached hydrogen (secondary N) is 2. The first-order chi connectivity index (χ1) is 8.30. The Hall–Kier alpha value is -1.71. The molecule has 0 aliphatic carbocycles. The van der Waals surface area contributed by atoms with E-state index in [9.17, 15) is 0 Å². The molecule has 0 aliphatic rings. The highest BCUT2D eigenvalue weighted by Gasteiger charge is 1.97. The van der Waals surface area contributed by atoms with Crippen LogP contribution < -0.4 is 15.4 Å². The fraction of sp³-hybridized carbons (Fsp3) is 0.462. The first kappa shape index (κ1) is 13.4. The highest BCUT2D eigenvalue weighted by atomic mass is 16.5. The number of benzene rings is 1. The monoisotopic (exact) mass is 235 g/mol. The summed E-state index contributed by atoms with van der Waals surface area (Å²) in [5.74, 6) is 1.71. The maximum Gasteiger partial charge on any atom is 0.190 e. The van der Waals surface area contributed by atoms with E-state index in [2.05, 4.69) is 34.7 Å². The number of hydrogen-bond acceptors (Lipinski definition) is 2. The summed E-state index contributed by atoms with van der Waals surface area (Å²) >= 11 is 0. The molecular formula is C13H21N3O. The Kier molecular flexibility index (Phi) is 5.93. The highest BCUT2D eigenvalue weighted by molar-refractivity contribution is 5.79. The summed E-state index contributed by atoms with van der Waals surface area (Å²) < 4.78 is 5.52. The molecule has 17 heavy (non-hydrogen) atoms. The third kappa shape index (κ3) is 4.76. The van der Waals surface area contributed by atoms with E-state index in [0.29, 0.717) is 0 Å². The Balaban J connectivity index is 2.45. The summed E-state index contributed by atoms with van der Waals surface area (Å²) in [6, 6.07) is 8.10. The van der Waals surface area contributed by atoms with E-state index in [1.54, 1.807) is 7.05 Å². The van der Waals surface area contributed by atoms with Gasteiger partial charge in [-0.3, -0.25) is 4.99 Å². The Bertz CT molecular complexity index is 346. The molecule has 0 atom stereocenters. The number of nitrogens with zero attached hydrogens (tertiary/aromatic N) is 1. The van der Waals surface area contributed by atoms with Crippen LogP contribution in [0.15, 0.2) is 29.3 Å². The second-order valence-corrected chi connectivity index (χ2v) is 3.67. The first-order valence-electron chi connectivity index (χ1n) is 5.90. The van der Waals surface area contributed by atoms with Crippen molar-refractivity contribution >= 4 is 5.96 Å². The number of ether oxygens (including phenoxy) is 1. The van der Waals surface area contributed by atoms with Crippen LogP contribution in [0.1, 0.15) is 18.9 Å². The Morgan fingerprint density at radius 2 is 2.00 bits per heavy atom. The average molecular weight is 235 g/mol. The minimum absolute atomic E-state index is 0.752. The molecule has 0 fully saturated rings. The lowest BCUT2D eigenvalue weighted by molar-refractivity contribution is 0.317. The van der Waals surface area contributed by atoms with E-state index >= 15 is 0 Å². The minimum atomic E-state index is 0.752. The first-order valence-corrected chi connectivity index (χ1v) is 5.90. The van der Waals surface area contributed by atoms with Crippen LogP contribution in [-0.2, 0) is 6.54 Å². The average Bonchev–Trinajstić information content (AvgIpc) is 2.39. The lowest BCUT2D eigenvalue weighted by Gasteiger charge is -2.09. The van der Waals surface area contributed by atoms with Crippen LogP contribution in [0.2, 0.25) is 0 Å². The van der Waals surface area contributed by atoms with Crippen molar-refractivity contribution in [3.63, 3.8) is 0 Å². The lowest BCUT2D eigenvalue weighted by atomic mass is 10.2. The molecule has 1 aromatic carbocycles. The molecule has 0 saturated carbocycles. The maximum atomic E-state index is 5.52. The zero-order valence-corrected chi connectivity index (χ0v) is 10.8. The normalized spacial score (nSPS) is 11.1. The highest BCUT2D eigenvalue weighted by Crippen LogP contribution is 2.12. The summed E-state index contributed by atoms with van der Waals surface area (Å²) in [6.07, 6.45) is 1.03. The van der Waals surface area contributed by atoms with Crippen LogP contribution in [-0.4, -0.2) is 26.7 Å². The number of guanidine groups is 1.